The number of hydrogen-bond donors (Lipinski definition) is 3. The lowest BCUT2D eigenvalue weighted by Crippen LogP contribution is -2.55. The summed E-state index contributed by atoms with van der Waals surface area (Å²) in [6.45, 7) is 6.08. The van der Waals surface area contributed by atoms with Gasteiger partial charge in [0.05, 0.1) is 16.1 Å². The maximum atomic E-state index is 14.4. The van der Waals surface area contributed by atoms with Crippen LogP contribution in [0.15, 0.2) is 140 Å². The molecule has 2 heterocycles. The third kappa shape index (κ3) is 10.5. The molecule has 0 saturated carbocycles. The molecule has 4 atom stereocenters. The topological polar surface area (TPSA) is 123 Å². The molecule has 0 unspecified atom stereocenters. The van der Waals surface area contributed by atoms with Gasteiger partial charge in [-0.05, 0) is 99.8 Å². The predicted molar refractivity (Wildman–Crippen MR) is 241 cm³/mol. The number of carbonyl (C=O) groups is 2. The Kier molecular flexibility index (Phi) is 14.3. The van der Waals surface area contributed by atoms with Crippen molar-refractivity contribution < 1.29 is 33.3 Å². The molecular formula is C50H48Cl2FN3O6. The smallest absolute Gasteiger partial charge is 0.326 e. The van der Waals surface area contributed by atoms with Crippen LogP contribution in [0, 0.1) is 0 Å². The molecule has 12 heteroatoms. The lowest BCUT2D eigenvalue weighted by molar-refractivity contribution is -0.143. The second-order valence-electron chi connectivity index (χ2n) is 15.3. The van der Waals surface area contributed by atoms with Crippen molar-refractivity contribution in [1.29, 1.82) is 0 Å². The van der Waals surface area contributed by atoms with Crippen LogP contribution >= 0.6 is 23.2 Å². The van der Waals surface area contributed by atoms with Gasteiger partial charge in [0.25, 0.3) is 0 Å². The first kappa shape index (κ1) is 44.0. The van der Waals surface area contributed by atoms with Crippen molar-refractivity contribution in [3.8, 4) is 17.2 Å². The van der Waals surface area contributed by atoms with Crippen LogP contribution in [0.4, 0.5) is 4.39 Å². The number of carboxylic acid groups (broad SMARTS) is 1. The zero-order valence-electron chi connectivity index (χ0n) is 34.2. The number of aliphatic carboxylic acids is 1. The van der Waals surface area contributed by atoms with Crippen LogP contribution in [-0.2, 0) is 35.6 Å². The Balaban J connectivity index is 1.08. The number of nitrogens with one attached hydrogen (secondary N) is 1. The summed E-state index contributed by atoms with van der Waals surface area (Å²) in [6, 6.07) is 32.3. The van der Waals surface area contributed by atoms with E-state index in [4.69, 9.17) is 43.1 Å². The largest absolute Gasteiger partial charge is 0.489 e. The molecule has 0 radical (unpaired) electrons. The molecule has 0 aromatic heterocycles. The van der Waals surface area contributed by atoms with Crippen molar-refractivity contribution in [3.05, 3.63) is 189 Å². The van der Waals surface area contributed by atoms with Gasteiger partial charge in [0.2, 0.25) is 5.91 Å². The molecular weight excluding hydrogens is 828 g/mol. The van der Waals surface area contributed by atoms with Crippen molar-refractivity contribution in [2.75, 3.05) is 13.3 Å². The molecule has 0 spiro atoms. The highest BCUT2D eigenvalue weighted by atomic mass is 35.5. The van der Waals surface area contributed by atoms with Crippen molar-refractivity contribution >= 4 is 40.7 Å². The number of benzene rings is 5. The summed E-state index contributed by atoms with van der Waals surface area (Å²) < 4.78 is 32.0. The number of fused-ring (bicyclic) bond motifs is 2. The van der Waals surface area contributed by atoms with Crippen LogP contribution in [0.1, 0.15) is 64.4 Å². The van der Waals surface area contributed by atoms with Gasteiger partial charge < -0.3 is 30.4 Å². The minimum atomic E-state index is -1.20. The molecule has 2 aliphatic heterocycles. The Morgan fingerprint density at radius 2 is 1.69 bits per heavy atom. The number of rotatable bonds is 16. The third-order valence-electron chi connectivity index (χ3n) is 11.1. The minimum Gasteiger partial charge on any atom is -0.489 e. The molecule has 1 amide bonds. The minimum absolute atomic E-state index is 0.0534. The van der Waals surface area contributed by atoms with Gasteiger partial charge >= 0.3 is 5.97 Å². The van der Waals surface area contributed by atoms with Gasteiger partial charge in [0.15, 0.2) is 17.6 Å². The molecule has 9 nitrogen and oxygen atoms in total. The monoisotopic (exact) mass is 875 g/mol. The summed E-state index contributed by atoms with van der Waals surface area (Å²) in [5.74, 6) is 0.369. The second kappa shape index (κ2) is 20.2. The maximum absolute atomic E-state index is 14.4. The zero-order chi connectivity index (χ0) is 43.8. The van der Waals surface area contributed by atoms with Crippen LogP contribution in [0.25, 0.3) is 5.57 Å². The Labute approximate surface area is 371 Å². The predicted octanol–water partition coefficient (Wildman–Crippen LogP) is 10.2. The maximum Gasteiger partial charge on any atom is 0.326 e. The molecule has 0 fully saturated rings. The van der Waals surface area contributed by atoms with Crippen molar-refractivity contribution in [2.24, 2.45) is 5.73 Å². The number of carbonyl (C=O) groups excluding carboxylic acids is 1. The fourth-order valence-electron chi connectivity index (χ4n) is 7.95. The molecule has 5 aromatic carbocycles. The van der Waals surface area contributed by atoms with E-state index in [0.29, 0.717) is 64.4 Å². The van der Waals surface area contributed by atoms with Gasteiger partial charge in [-0.15, -0.1) is 0 Å². The number of carboxylic acids is 1. The highest BCUT2D eigenvalue weighted by Crippen LogP contribution is 2.42. The number of hydrogen-bond acceptors (Lipinski definition) is 7. The molecule has 2 aliphatic rings. The Morgan fingerprint density at radius 3 is 2.37 bits per heavy atom. The van der Waals surface area contributed by atoms with E-state index in [1.165, 1.54) is 6.08 Å². The van der Waals surface area contributed by atoms with Gasteiger partial charge in [-0.1, -0.05) is 122 Å². The second-order valence-corrected chi connectivity index (χ2v) is 16.1. The molecule has 4 N–H and O–H groups in total. The molecule has 0 saturated heterocycles. The number of ether oxygens (including phenoxy) is 3. The van der Waals surface area contributed by atoms with Crippen molar-refractivity contribution in [2.45, 2.75) is 63.6 Å². The van der Waals surface area contributed by atoms with Crippen LogP contribution < -0.4 is 25.3 Å². The van der Waals surface area contributed by atoms with Crippen molar-refractivity contribution in [1.82, 2.24) is 10.2 Å². The molecule has 0 bridgehead atoms. The standard InChI is InChI=1S/C50H48Cl2FN3O6/c1-3-8-36(23-39(54)27-53)33-14-11-31(12-15-33)22-43(50(58)59)55-49(57)45-24-37-25-46-47(26-38(37)28-56(45)44(4-2)34-9-6-5-7-10-34)62-48(30-61-46)35-16-18-40(19-17-35)60-29-32-13-20-41(51)42(52)21-32/h3,5-21,23,25-26,43-45,48H,1,4,22,24,27-30,54H2,2H3,(H,55,57)(H,58,59)/b36-8+,39-23-/t43-,44-,45-,48+/m0/s1. The number of alkyl halides is 1. The molecule has 5 aromatic rings. The fraction of sp³-hybridized carbons (Fsp3) is 0.240. The number of halogens is 3. The first-order chi connectivity index (χ1) is 30.0. The summed E-state index contributed by atoms with van der Waals surface area (Å²) >= 11 is 12.2. The normalized spacial score (nSPS) is 17.4. The summed E-state index contributed by atoms with van der Waals surface area (Å²) in [7, 11) is 0. The van der Waals surface area contributed by atoms with Crippen LogP contribution in [0.3, 0.4) is 0 Å². The van der Waals surface area contributed by atoms with E-state index in [9.17, 15) is 19.1 Å². The van der Waals surface area contributed by atoms with Crippen LogP contribution in [-0.4, -0.2) is 47.2 Å². The number of nitrogens with two attached hydrogens (primary N) is 1. The quantitative estimate of drug-likeness (QED) is 0.0838. The van der Waals surface area contributed by atoms with E-state index in [-0.39, 0.29) is 36.8 Å². The molecule has 7 rings (SSSR count). The van der Waals surface area contributed by atoms with E-state index >= 15 is 0 Å². The average molecular weight is 877 g/mol. The van der Waals surface area contributed by atoms with Crippen LogP contribution in [0.5, 0.6) is 17.2 Å². The third-order valence-corrected chi connectivity index (χ3v) is 11.9. The zero-order valence-corrected chi connectivity index (χ0v) is 35.7. The number of amides is 1. The SMILES string of the molecule is C=C/C=C(\C=C(/N)CF)c1ccc(C[C@H](NC(=O)[C@@H]2Cc3cc4c(cc3CN2[C@@H](CC)c2ccccc2)O[C@@H](c2ccc(OCc3ccc(Cl)c(Cl)c3)cc2)CO4)C(=O)O)cc1. The highest BCUT2D eigenvalue weighted by Gasteiger charge is 2.39. The summed E-state index contributed by atoms with van der Waals surface area (Å²) in [6.07, 6.45) is 5.59. The van der Waals surface area contributed by atoms with Crippen molar-refractivity contribution in [3.63, 3.8) is 0 Å². The van der Waals surface area contributed by atoms with E-state index in [1.807, 2.05) is 60.7 Å². The van der Waals surface area contributed by atoms with E-state index in [0.717, 1.165) is 33.4 Å². The first-order valence-electron chi connectivity index (χ1n) is 20.4. The summed E-state index contributed by atoms with van der Waals surface area (Å²) in [5.41, 5.74) is 12.8. The van der Waals surface area contributed by atoms with E-state index in [1.54, 1.807) is 48.6 Å². The van der Waals surface area contributed by atoms with Gasteiger partial charge in [-0.25, -0.2) is 9.18 Å². The van der Waals surface area contributed by atoms with E-state index in [2.05, 4.69) is 35.9 Å². The Morgan fingerprint density at radius 1 is 0.968 bits per heavy atom. The van der Waals surface area contributed by atoms with Gasteiger partial charge in [-0.3, -0.25) is 9.69 Å². The fourth-order valence-corrected chi connectivity index (χ4v) is 8.27. The average Bonchev–Trinajstić information content (AvgIpc) is 3.28. The first-order valence-corrected chi connectivity index (χ1v) is 21.2. The van der Waals surface area contributed by atoms with Gasteiger partial charge in [-0.2, -0.15) is 0 Å². The lowest BCUT2D eigenvalue weighted by atomic mass is 9.89. The van der Waals surface area contributed by atoms with Crippen LogP contribution in [0.2, 0.25) is 10.0 Å². The molecule has 62 heavy (non-hydrogen) atoms. The lowest BCUT2D eigenvalue weighted by Gasteiger charge is -2.42. The summed E-state index contributed by atoms with van der Waals surface area (Å²) in [4.78, 5) is 29.3. The van der Waals surface area contributed by atoms with Gasteiger partial charge in [0.1, 0.15) is 31.7 Å². The van der Waals surface area contributed by atoms with Gasteiger partial charge in [0, 0.05) is 24.7 Å². The number of allylic oxidation sites excluding steroid dienone is 5. The highest BCUT2D eigenvalue weighted by molar-refractivity contribution is 6.42. The molecule has 320 valence electrons. The summed E-state index contributed by atoms with van der Waals surface area (Å²) in [5, 5.41) is 14.2. The van der Waals surface area contributed by atoms with E-state index < -0.39 is 24.7 Å². The Hall–Kier alpha value is -6.07. The molecule has 0 aliphatic carbocycles. The number of nitrogens with zero attached hydrogens (tertiary/aromatic N) is 1. The Bertz CT molecular complexity index is 2460.